The van der Waals surface area contributed by atoms with Gasteiger partial charge in [-0.1, -0.05) is 12.8 Å². The highest BCUT2D eigenvalue weighted by Gasteiger charge is 2.25. The number of amides is 1. The lowest BCUT2D eigenvalue weighted by atomic mass is 10.0. The molecule has 0 saturated heterocycles. The summed E-state index contributed by atoms with van der Waals surface area (Å²) < 4.78 is 23.0. The minimum atomic E-state index is -3.84. The van der Waals surface area contributed by atoms with Crippen LogP contribution in [0.3, 0.4) is 0 Å². The second-order valence-corrected chi connectivity index (χ2v) is 8.47. The van der Waals surface area contributed by atoms with Gasteiger partial charge in [-0.15, -0.1) is 0 Å². The number of benzene rings is 1. The van der Waals surface area contributed by atoms with Crippen LogP contribution in [0.2, 0.25) is 0 Å². The lowest BCUT2D eigenvalue weighted by Crippen LogP contribution is -2.33. The van der Waals surface area contributed by atoms with Crippen molar-refractivity contribution in [3.05, 3.63) is 28.8 Å². The molecule has 1 fully saturated rings. The summed E-state index contributed by atoms with van der Waals surface area (Å²) in [7, 11) is 1.54. The number of hydrogen-bond acceptors (Lipinski definition) is 3. The second-order valence-electron chi connectivity index (χ2n) is 5.90. The number of carbonyl (C=O) groups is 1. The minimum Gasteiger partial charge on any atom is -0.350 e. The van der Waals surface area contributed by atoms with Crippen LogP contribution in [-0.4, -0.2) is 20.4 Å². The summed E-state index contributed by atoms with van der Waals surface area (Å²) in [4.78, 5) is 12.3. The molecule has 0 heterocycles. The van der Waals surface area contributed by atoms with Gasteiger partial charge >= 0.3 is 0 Å². The van der Waals surface area contributed by atoms with Crippen LogP contribution in [0, 0.1) is 19.8 Å². The number of rotatable bonds is 5. The van der Waals surface area contributed by atoms with Crippen molar-refractivity contribution in [3.8, 4) is 0 Å². The Bertz CT molecular complexity index is 666. The molecule has 21 heavy (non-hydrogen) atoms. The molecule has 0 radical (unpaired) electrons. The van der Waals surface area contributed by atoms with E-state index in [0.717, 1.165) is 23.5 Å². The molecule has 1 amide bonds. The first kappa shape index (κ1) is 16.3. The van der Waals surface area contributed by atoms with E-state index in [2.05, 4.69) is 5.32 Å². The van der Waals surface area contributed by atoms with Crippen LogP contribution in [0.4, 0.5) is 0 Å². The SMILES string of the molecule is Cc1cc(S(=O)(=O)Cl)cc(C(=O)NC(C)CC2CC2)c1C. The third-order valence-corrected chi connectivity index (χ3v) is 5.26. The summed E-state index contributed by atoms with van der Waals surface area (Å²) in [5.74, 6) is 0.476. The Balaban J connectivity index is 2.24. The largest absolute Gasteiger partial charge is 0.350 e. The molecule has 4 nitrogen and oxygen atoms in total. The number of aryl methyl sites for hydroxylation is 1. The molecule has 0 aliphatic heterocycles. The predicted molar refractivity (Wildman–Crippen MR) is 83.2 cm³/mol. The Labute approximate surface area is 130 Å². The van der Waals surface area contributed by atoms with Crippen LogP contribution in [0.1, 0.15) is 47.7 Å². The monoisotopic (exact) mass is 329 g/mol. The molecule has 1 aliphatic carbocycles. The lowest BCUT2D eigenvalue weighted by molar-refractivity contribution is 0.0936. The van der Waals surface area contributed by atoms with Gasteiger partial charge in [-0.2, -0.15) is 0 Å². The highest BCUT2D eigenvalue weighted by molar-refractivity contribution is 8.13. The Kier molecular flexibility index (Phi) is 4.63. The van der Waals surface area contributed by atoms with Crippen molar-refractivity contribution in [1.29, 1.82) is 0 Å². The maximum Gasteiger partial charge on any atom is 0.261 e. The van der Waals surface area contributed by atoms with Crippen LogP contribution in [0.25, 0.3) is 0 Å². The summed E-state index contributed by atoms with van der Waals surface area (Å²) in [6.45, 7) is 5.55. The highest BCUT2D eigenvalue weighted by Crippen LogP contribution is 2.33. The smallest absolute Gasteiger partial charge is 0.261 e. The van der Waals surface area contributed by atoms with Gasteiger partial charge in [0.05, 0.1) is 4.90 Å². The van der Waals surface area contributed by atoms with Gasteiger partial charge in [0, 0.05) is 22.3 Å². The normalized spacial score (nSPS) is 16.6. The average Bonchev–Trinajstić information content (AvgIpc) is 3.14. The molecule has 1 aromatic rings. The van der Waals surface area contributed by atoms with Gasteiger partial charge in [0.25, 0.3) is 15.0 Å². The summed E-state index contributed by atoms with van der Waals surface area (Å²) in [6.07, 6.45) is 3.44. The molecule has 1 N–H and O–H groups in total. The van der Waals surface area contributed by atoms with Gasteiger partial charge in [0.1, 0.15) is 0 Å². The van der Waals surface area contributed by atoms with E-state index in [1.165, 1.54) is 25.0 Å². The Morgan fingerprint density at radius 2 is 2.00 bits per heavy atom. The number of halogens is 1. The maximum absolute atomic E-state index is 12.4. The quantitative estimate of drug-likeness (QED) is 0.844. The number of carbonyl (C=O) groups excluding carboxylic acids is 1. The fourth-order valence-corrected chi connectivity index (χ4v) is 3.26. The van der Waals surface area contributed by atoms with Crippen molar-refractivity contribution in [2.24, 2.45) is 5.92 Å². The van der Waals surface area contributed by atoms with E-state index in [9.17, 15) is 13.2 Å². The molecule has 0 bridgehead atoms. The summed E-state index contributed by atoms with van der Waals surface area (Å²) in [5, 5.41) is 2.94. The van der Waals surface area contributed by atoms with Crippen molar-refractivity contribution in [3.63, 3.8) is 0 Å². The zero-order valence-corrected chi connectivity index (χ0v) is 14.0. The summed E-state index contributed by atoms with van der Waals surface area (Å²) >= 11 is 0. The minimum absolute atomic E-state index is 0.0349. The van der Waals surface area contributed by atoms with Crippen molar-refractivity contribution in [2.75, 3.05) is 0 Å². The molecule has 1 aliphatic rings. The van der Waals surface area contributed by atoms with Gasteiger partial charge in [0.15, 0.2) is 0 Å². The van der Waals surface area contributed by atoms with E-state index in [1.807, 2.05) is 6.92 Å². The van der Waals surface area contributed by atoms with Crippen molar-refractivity contribution in [2.45, 2.75) is 51.0 Å². The third kappa shape index (κ3) is 4.20. The van der Waals surface area contributed by atoms with Crippen LogP contribution >= 0.6 is 10.7 Å². The van der Waals surface area contributed by atoms with E-state index >= 15 is 0 Å². The standard InChI is InChI=1S/C15H20ClNO3S/c1-9-6-13(21(16,19)20)8-14(11(9)3)15(18)17-10(2)7-12-4-5-12/h6,8,10,12H,4-5,7H2,1-3H3,(H,17,18). The topological polar surface area (TPSA) is 63.2 Å². The van der Waals surface area contributed by atoms with E-state index in [1.54, 1.807) is 13.8 Å². The maximum atomic E-state index is 12.4. The third-order valence-electron chi connectivity index (χ3n) is 3.93. The molecular weight excluding hydrogens is 310 g/mol. The fourth-order valence-electron chi connectivity index (χ4n) is 2.42. The van der Waals surface area contributed by atoms with E-state index < -0.39 is 9.05 Å². The van der Waals surface area contributed by atoms with Crippen LogP contribution in [0.15, 0.2) is 17.0 Å². The molecular formula is C15H20ClNO3S. The second kappa shape index (κ2) is 5.97. The number of nitrogens with one attached hydrogen (secondary N) is 1. The zero-order chi connectivity index (χ0) is 15.8. The van der Waals surface area contributed by atoms with Crippen molar-refractivity contribution in [1.82, 2.24) is 5.32 Å². The van der Waals surface area contributed by atoms with Crippen molar-refractivity contribution < 1.29 is 13.2 Å². The molecule has 1 unspecified atom stereocenters. The molecule has 0 spiro atoms. The van der Waals surface area contributed by atoms with Gasteiger partial charge in [-0.3, -0.25) is 4.79 Å². The summed E-state index contributed by atoms with van der Waals surface area (Å²) in [5.41, 5.74) is 1.88. The van der Waals surface area contributed by atoms with Crippen LogP contribution in [-0.2, 0) is 9.05 Å². The Hall–Kier alpha value is -1.07. The van der Waals surface area contributed by atoms with Crippen molar-refractivity contribution >= 4 is 25.6 Å². The predicted octanol–water partition coefficient (Wildman–Crippen LogP) is 3.15. The Morgan fingerprint density at radius 3 is 2.52 bits per heavy atom. The fraction of sp³-hybridized carbons (Fsp3) is 0.533. The van der Waals surface area contributed by atoms with E-state index in [-0.39, 0.29) is 16.8 Å². The molecule has 6 heteroatoms. The van der Waals surface area contributed by atoms with Crippen LogP contribution in [0.5, 0.6) is 0 Å². The molecule has 1 atom stereocenters. The first-order chi connectivity index (χ1) is 9.68. The lowest BCUT2D eigenvalue weighted by Gasteiger charge is -2.16. The highest BCUT2D eigenvalue weighted by atomic mass is 35.7. The van der Waals surface area contributed by atoms with Gasteiger partial charge in [-0.05, 0) is 56.4 Å². The molecule has 0 aromatic heterocycles. The molecule has 1 aromatic carbocycles. The van der Waals surface area contributed by atoms with Crippen LogP contribution < -0.4 is 5.32 Å². The van der Waals surface area contributed by atoms with E-state index in [4.69, 9.17) is 10.7 Å². The molecule has 1 saturated carbocycles. The van der Waals surface area contributed by atoms with E-state index in [0.29, 0.717) is 5.56 Å². The first-order valence-electron chi connectivity index (χ1n) is 7.05. The summed E-state index contributed by atoms with van der Waals surface area (Å²) in [6, 6.07) is 2.92. The zero-order valence-electron chi connectivity index (χ0n) is 12.4. The van der Waals surface area contributed by atoms with Gasteiger partial charge < -0.3 is 5.32 Å². The number of hydrogen-bond donors (Lipinski definition) is 1. The van der Waals surface area contributed by atoms with Gasteiger partial charge in [-0.25, -0.2) is 8.42 Å². The van der Waals surface area contributed by atoms with Gasteiger partial charge in [0.2, 0.25) is 0 Å². The Morgan fingerprint density at radius 1 is 1.38 bits per heavy atom. The molecule has 116 valence electrons. The average molecular weight is 330 g/mol. The first-order valence-corrected chi connectivity index (χ1v) is 9.36. The molecule has 2 rings (SSSR count).